The van der Waals surface area contributed by atoms with Crippen LogP contribution in [0.1, 0.15) is 172 Å². The second kappa shape index (κ2) is 17.0. The van der Waals surface area contributed by atoms with Gasteiger partial charge in [-0.1, -0.05) is 115 Å². The number of aromatic nitrogens is 2. The number of benzene rings is 1. The summed E-state index contributed by atoms with van der Waals surface area (Å²) in [5.41, 5.74) is 3.77. The molecule has 2 aromatic rings. The summed E-state index contributed by atoms with van der Waals surface area (Å²) in [6.07, 6.45) is 31.5. The van der Waals surface area contributed by atoms with E-state index in [-0.39, 0.29) is 5.41 Å². The number of rotatable bonds is 16. The van der Waals surface area contributed by atoms with Gasteiger partial charge in [0.2, 0.25) is 0 Å². The van der Waals surface area contributed by atoms with Crippen molar-refractivity contribution in [2.24, 2.45) is 11.3 Å². The van der Waals surface area contributed by atoms with Crippen LogP contribution in [0, 0.1) is 22.7 Å². The smallest absolute Gasteiger partial charge is 0.159 e. The van der Waals surface area contributed by atoms with E-state index in [1.807, 2.05) is 0 Å². The van der Waals surface area contributed by atoms with Crippen molar-refractivity contribution in [1.82, 2.24) is 9.97 Å². The first-order valence-corrected chi connectivity index (χ1v) is 17.5. The highest BCUT2D eigenvalue weighted by molar-refractivity contribution is 5.55. The average Bonchev–Trinajstić information content (AvgIpc) is 3.03. The minimum Gasteiger partial charge on any atom is -0.236 e. The molecule has 1 heterocycles. The SMILES string of the molecule is CCCCCCCCCCC1CCC(c2cnc(-c3ccc(C4CCC(C#N)(CCCCC)CC4)cc3)nc2)CC1. The van der Waals surface area contributed by atoms with Crippen LogP contribution in [0.4, 0.5) is 0 Å². The summed E-state index contributed by atoms with van der Waals surface area (Å²) in [7, 11) is 0. The van der Waals surface area contributed by atoms with Gasteiger partial charge < -0.3 is 0 Å². The number of nitriles is 1. The lowest BCUT2D eigenvalue weighted by atomic mass is 9.67. The molecule has 2 aliphatic carbocycles. The molecule has 0 spiro atoms. The van der Waals surface area contributed by atoms with Gasteiger partial charge in [-0.15, -0.1) is 0 Å². The Morgan fingerprint density at radius 1 is 0.683 bits per heavy atom. The fourth-order valence-corrected chi connectivity index (χ4v) is 7.59. The van der Waals surface area contributed by atoms with Crippen molar-refractivity contribution in [2.75, 3.05) is 0 Å². The van der Waals surface area contributed by atoms with Crippen LogP contribution < -0.4 is 0 Å². The second-order valence-corrected chi connectivity index (χ2v) is 13.6. The molecule has 0 radical (unpaired) electrons. The highest BCUT2D eigenvalue weighted by Crippen LogP contribution is 2.46. The number of nitrogens with zero attached hydrogens (tertiary/aromatic N) is 3. The van der Waals surface area contributed by atoms with Crippen LogP contribution in [0.3, 0.4) is 0 Å². The number of hydrogen-bond acceptors (Lipinski definition) is 3. The van der Waals surface area contributed by atoms with Crippen molar-refractivity contribution in [3.8, 4) is 17.5 Å². The third-order valence-corrected chi connectivity index (χ3v) is 10.5. The topological polar surface area (TPSA) is 49.6 Å². The van der Waals surface area contributed by atoms with Crippen molar-refractivity contribution in [3.63, 3.8) is 0 Å². The van der Waals surface area contributed by atoms with E-state index < -0.39 is 0 Å². The molecular formula is C38H57N3. The quantitative estimate of drug-likeness (QED) is 0.193. The summed E-state index contributed by atoms with van der Waals surface area (Å²) in [6, 6.07) is 11.7. The first-order valence-electron chi connectivity index (χ1n) is 17.5. The first kappa shape index (κ1) is 31.7. The van der Waals surface area contributed by atoms with E-state index in [1.165, 1.54) is 114 Å². The van der Waals surface area contributed by atoms with E-state index in [2.05, 4.69) is 56.6 Å². The van der Waals surface area contributed by atoms with Gasteiger partial charge in [0.15, 0.2) is 5.82 Å². The van der Waals surface area contributed by atoms with E-state index in [4.69, 9.17) is 9.97 Å². The molecule has 0 unspecified atom stereocenters. The van der Waals surface area contributed by atoms with Crippen LogP contribution in [0.2, 0.25) is 0 Å². The van der Waals surface area contributed by atoms with Crippen LogP contribution in [-0.2, 0) is 0 Å². The zero-order valence-corrected chi connectivity index (χ0v) is 26.4. The second-order valence-electron chi connectivity index (χ2n) is 13.6. The molecule has 1 aromatic carbocycles. The monoisotopic (exact) mass is 555 g/mol. The Kier molecular flexibility index (Phi) is 13.2. The summed E-state index contributed by atoms with van der Waals surface area (Å²) >= 11 is 0. The predicted molar refractivity (Wildman–Crippen MR) is 173 cm³/mol. The zero-order chi connectivity index (χ0) is 28.8. The Labute approximate surface area is 252 Å². The van der Waals surface area contributed by atoms with E-state index in [1.54, 1.807) is 0 Å². The average molecular weight is 556 g/mol. The highest BCUT2D eigenvalue weighted by Gasteiger charge is 2.35. The lowest BCUT2D eigenvalue weighted by Crippen LogP contribution is -2.25. The molecule has 0 saturated heterocycles. The van der Waals surface area contributed by atoms with E-state index in [0.29, 0.717) is 11.8 Å². The van der Waals surface area contributed by atoms with Gasteiger partial charge in [-0.3, -0.25) is 0 Å². The summed E-state index contributed by atoms with van der Waals surface area (Å²) in [5.74, 6) is 2.99. The molecule has 2 fully saturated rings. The minimum atomic E-state index is -0.0757. The molecule has 2 aliphatic rings. The van der Waals surface area contributed by atoms with E-state index >= 15 is 0 Å². The zero-order valence-electron chi connectivity index (χ0n) is 26.4. The molecule has 0 aliphatic heterocycles. The van der Waals surface area contributed by atoms with Gasteiger partial charge >= 0.3 is 0 Å². The van der Waals surface area contributed by atoms with E-state index in [9.17, 15) is 5.26 Å². The largest absolute Gasteiger partial charge is 0.236 e. The Balaban J connectivity index is 1.18. The number of hydrogen-bond donors (Lipinski definition) is 0. The van der Waals surface area contributed by atoms with Gasteiger partial charge in [0.05, 0.1) is 11.5 Å². The third-order valence-electron chi connectivity index (χ3n) is 10.5. The van der Waals surface area contributed by atoms with Crippen molar-refractivity contribution in [1.29, 1.82) is 5.26 Å². The molecule has 41 heavy (non-hydrogen) atoms. The minimum absolute atomic E-state index is 0.0757. The van der Waals surface area contributed by atoms with Crippen LogP contribution >= 0.6 is 0 Å². The standard InChI is InChI=1S/C38H57N3/c1-3-5-7-8-9-10-11-12-14-31-15-17-33(18-16-31)36-28-40-37(41-29-36)35-21-19-32(20-22-35)34-23-26-38(30-39,27-24-34)25-13-6-4-2/h19-22,28-29,31,33-34H,3-18,23-27H2,1-2H3. The van der Waals surface area contributed by atoms with Crippen LogP contribution in [0.15, 0.2) is 36.7 Å². The maximum Gasteiger partial charge on any atom is 0.159 e. The van der Waals surface area contributed by atoms with Gasteiger partial charge in [-0.05, 0) is 86.7 Å². The highest BCUT2D eigenvalue weighted by atomic mass is 14.9. The normalized spacial score (nSPS) is 24.7. The fraction of sp³-hybridized carbons (Fsp3) is 0.711. The maximum atomic E-state index is 9.88. The molecule has 1 aromatic heterocycles. The Hall–Kier alpha value is -2.21. The third kappa shape index (κ3) is 9.66. The van der Waals surface area contributed by atoms with Crippen molar-refractivity contribution in [2.45, 2.75) is 161 Å². The van der Waals surface area contributed by atoms with Gasteiger partial charge in [-0.2, -0.15) is 5.26 Å². The van der Waals surface area contributed by atoms with Crippen LogP contribution in [0.5, 0.6) is 0 Å². The Morgan fingerprint density at radius 2 is 1.24 bits per heavy atom. The Bertz CT molecular complexity index is 1020. The van der Waals surface area contributed by atoms with Gasteiger partial charge in [0.25, 0.3) is 0 Å². The molecule has 0 amide bonds. The number of unbranched alkanes of at least 4 members (excludes halogenated alkanes) is 9. The first-order chi connectivity index (χ1) is 20.2. The summed E-state index contributed by atoms with van der Waals surface area (Å²) in [5, 5.41) is 9.88. The molecule has 0 bridgehead atoms. The van der Waals surface area contributed by atoms with Crippen LogP contribution in [0.25, 0.3) is 11.4 Å². The maximum absolute atomic E-state index is 9.88. The molecule has 2 saturated carbocycles. The molecule has 3 nitrogen and oxygen atoms in total. The van der Waals surface area contributed by atoms with Gasteiger partial charge in [0.1, 0.15) is 0 Å². The predicted octanol–water partition coefficient (Wildman–Crippen LogP) is 11.7. The fourth-order valence-electron chi connectivity index (χ4n) is 7.59. The summed E-state index contributed by atoms with van der Waals surface area (Å²) in [4.78, 5) is 9.60. The molecule has 0 N–H and O–H groups in total. The van der Waals surface area contributed by atoms with Crippen molar-refractivity contribution >= 4 is 0 Å². The molecule has 224 valence electrons. The lowest BCUT2D eigenvalue weighted by molar-refractivity contribution is 0.223. The van der Waals surface area contributed by atoms with Gasteiger partial charge in [-0.25, -0.2) is 9.97 Å². The molecule has 0 atom stereocenters. The summed E-state index contributed by atoms with van der Waals surface area (Å²) in [6.45, 7) is 4.54. The van der Waals surface area contributed by atoms with Crippen molar-refractivity contribution < 1.29 is 0 Å². The molecule has 3 heteroatoms. The van der Waals surface area contributed by atoms with Crippen molar-refractivity contribution in [3.05, 3.63) is 47.8 Å². The molecular weight excluding hydrogens is 498 g/mol. The Morgan fingerprint density at radius 3 is 1.85 bits per heavy atom. The molecule has 4 rings (SSSR count). The van der Waals surface area contributed by atoms with Gasteiger partial charge in [0, 0.05) is 18.0 Å². The van der Waals surface area contributed by atoms with E-state index in [0.717, 1.165) is 49.4 Å². The van der Waals surface area contributed by atoms with Crippen LogP contribution in [-0.4, -0.2) is 9.97 Å². The summed E-state index contributed by atoms with van der Waals surface area (Å²) < 4.78 is 0. The lowest BCUT2D eigenvalue weighted by Gasteiger charge is -2.35.